The van der Waals surface area contributed by atoms with Crippen molar-refractivity contribution in [2.24, 2.45) is 4.99 Å². The minimum absolute atomic E-state index is 0.819. The van der Waals surface area contributed by atoms with Gasteiger partial charge in [-0.05, 0) is 37.8 Å². The van der Waals surface area contributed by atoms with Crippen LogP contribution >= 0.6 is 11.2 Å². The average Bonchev–Trinajstić information content (AvgIpc) is 2.66. The van der Waals surface area contributed by atoms with Gasteiger partial charge in [-0.15, -0.1) is 0 Å². The molecule has 18 heavy (non-hydrogen) atoms. The van der Waals surface area contributed by atoms with Gasteiger partial charge in [-0.25, -0.2) is 0 Å². The van der Waals surface area contributed by atoms with Gasteiger partial charge in [0, 0.05) is 11.0 Å². The molecule has 2 rings (SSSR count). The van der Waals surface area contributed by atoms with Crippen molar-refractivity contribution < 1.29 is 0 Å². The van der Waals surface area contributed by atoms with E-state index >= 15 is 0 Å². The van der Waals surface area contributed by atoms with Crippen molar-refractivity contribution in [2.45, 2.75) is 51.1 Å². The summed E-state index contributed by atoms with van der Waals surface area (Å²) in [6.45, 7) is 9.46. The summed E-state index contributed by atoms with van der Waals surface area (Å²) in [5, 5.41) is 0.819. The first kappa shape index (κ1) is 13.9. The monoisotopic (exact) mass is 277 g/mol. The van der Waals surface area contributed by atoms with Gasteiger partial charge in [-0.3, -0.25) is 4.99 Å². The van der Waals surface area contributed by atoms with Crippen molar-refractivity contribution in [3.63, 3.8) is 0 Å². The molecule has 1 nitrogen and oxygen atoms in total. The van der Waals surface area contributed by atoms with Crippen LogP contribution in [0.3, 0.4) is 0 Å². The molecule has 98 valence electrons. The largest absolute Gasteiger partial charge is 0.258 e. The molecule has 0 bridgehead atoms. The molecular formula is C15H23NSSi. The fourth-order valence-corrected chi connectivity index (χ4v) is 7.47. The Morgan fingerprint density at radius 2 is 1.94 bits per heavy atom. The Balaban J connectivity index is 2.03. The summed E-state index contributed by atoms with van der Waals surface area (Å²) in [4.78, 5) is 4.86. The maximum Gasteiger partial charge on any atom is 0.108 e. The lowest BCUT2D eigenvalue weighted by Gasteiger charge is -2.19. The Morgan fingerprint density at radius 3 is 2.61 bits per heavy atom. The molecule has 1 aliphatic rings. The smallest absolute Gasteiger partial charge is 0.108 e. The molecule has 1 saturated carbocycles. The predicted molar refractivity (Wildman–Crippen MR) is 86.9 cm³/mol. The Bertz CT molecular complexity index is 448. The Labute approximate surface area is 116 Å². The van der Waals surface area contributed by atoms with Crippen LogP contribution in [0.5, 0.6) is 0 Å². The molecule has 0 heterocycles. The summed E-state index contributed by atoms with van der Waals surface area (Å²) in [6, 6.07) is 8.43. The van der Waals surface area contributed by atoms with Crippen molar-refractivity contribution in [1.29, 1.82) is 0 Å². The van der Waals surface area contributed by atoms with Crippen molar-refractivity contribution >= 4 is 29.8 Å². The quantitative estimate of drug-likeness (QED) is 0.693. The summed E-state index contributed by atoms with van der Waals surface area (Å²) in [5.41, 5.74) is 3.84. The van der Waals surface area contributed by atoms with Crippen LogP contribution in [0.25, 0.3) is 0 Å². The first-order valence-corrected chi connectivity index (χ1v) is 11.8. The zero-order chi connectivity index (χ0) is 13.2. The van der Waals surface area contributed by atoms with Crippen LogP contribution in [0.15, 0.2) is 29.3 Å². The standard InChI is InChI=1S/C15H23NSSi/c1-12-7-5-6-8-15(12)16-13-9-10-14(11-13)17-18(2,3)4/h5-8,14H,9-11H2,1-4H3/b16-13+. The molecule has 0 amide bonds. The molecule has 0 N–H and O–H groups in total. The maximum atomic E-state index is 4.86. The Kier molecular flexibility index (Phi) is 4.33. The molecule has 0 radical (unpaired) electrons. The van der Waals surface area contributed by atoms with Crippen LogP contribution < -0.4 is 0 Å². The van der Waals surface area contributed by atoms with E-state index in [1.807, 2.05) is 0 Å². The number of nitrogens with zero attached hydrogens (tertiary/aromatic N) is 1. The lowest BCUT2D eigenvalue weighted by atomic mass is 10.2. The number of aliphatic imine (C=N–C) groups is 1. The van der Waals surface area contributed by atoms with Crippen molar-refractivity contribution in [3.8, 4) is 0 Å². The van der Waals surface area contributed by atoms with Gasteiger partial charge in [0.1, 0.15) is 7.22 Å². The molecule has 1 unspecified atom stereocenters. The van der Waals surface area contributed by atoms with E-state index in [1.54, 1.807) is 0 Å². The zero-order valence-electron chi connectivity index (χ0n) is 11.9. The molecule has 3 heteroatoms. The second kappa shape index (κ2) is 5.62. The van der Waals surface area contributed by atoms with Crippen LogP contribution in [0.2, 0.25) is 19.6 Å². The molecule has 0 spiro atoms. The highest BCUT2D eigenvalue weighted by Gasteiger charge is 2.26. The van der Waals surface area contributed by atoms with E-state index in [9.17, 15) is 0 Å². The van der Waals surface area contributed by atoms with Gasteiger partial charge in [0.15, 0.2) is 0 Å². The molecule has 0 aromatic heterocycles. The fraction of sp³-hybridized carbons (Fsp3) is 0.533. The van der Waals surface area contributed by atoms with Gasteiger partial charge in [0.2, 0.25) is 0 Å². The topological polar surface area (TPSA) is 12.4 Å². The van der Waals surface area contributed by atoms with Crippen molar-refractivity contribution in [2.75, 3.05) is 0 Å². The molecule has 1 aromatic rings. The third kappa shape index (κ3) is 3.99. The summed E-state index contributed by atoms with van der Waals surface area (Å²) >= 11 is 2.24. The highest BCUT2D eigenvalue weighted by atomic mass is 32.4. The van der Waals surface area contributed by atoms with E-state index in [2.05, 4.69) is 62.0 Å². The van der Waals surface area contributed by atoms with E-state index in [-0.39, 0.29) is 0 Å². The highest BCUT2D eigenvalue weighted by molar-refractivity contribution is 8.29. The van der Waals surface area contributed by atoms with Crippen LogP contribution in [0.4, 0.5) is 5.69 Å². The van der Waals surface area contributed by atoms with Crippen LogP contribution in [0.1, 0.15) is 24.8 Å². The van der Waals surface area contributed by atoms with Gasteiger partial charge < -0.3 is 0 Å². The van der Waals surface area contributed by atoms with Gasteiger partial charge >= 0.3 is 0 Å². The number of hydrogen-bond acceptors (Lipinski definition) is 2. The number of rotatable bonds is 3. The minimum Gasteiger partial charge on any atom is -0.258 e. The molecule has 1 fully saturated rings. The lowest BCUT2D eigenvalue weighted by Crippen LogP contribution is -2.18. The molecule has 0 aliphatic heterocycles. The average molecular weight is 278 g/mol. The second-order valence-electron chi connectivity index (χ2n) is 6.06. The first-order chi connectivity index (χ1) is 8.44. The Hall–Kier alpha value is -0.543. The maximum absolute atomic E-state index is 4.86. The van der Waals surface area contributed by atoms with Crippen molar-refractivity contribution in [3.05, 3.63) is 29.8 Å². The van der Waals surface area contributed by atoms with Crippen LogP contribution in [0, 0.1) is 6.92 Å². The number of benzene rings is 1. The molecular weight excluding hydrogens is 254 g/mol. The van der Waals surface area contributed by atoms with Gasteiger partial charge in [0.25, 0.3) is 0 Å². The zero-order valence-corrected chi connectivity index (χ0v) is 13.7. The third-order valence-corrected chi connectivity index (χ3v) is 7.70. The summed E-state index contributed by atoms with van der Waals surface area (Å²) in [5.74, 6) is 0. The van der Waals surface area contributed by atoms with Gasteiger partial charge in [-0.1, -0.05) is 37.8 Å². The number of aryl methyl sites for hydroxylation is 1. The molecule has 1 aliphatic carbocycles. The SMILES string of the molecule is Cc1ccccc1/N=C1\CCC(S[Si](C)(C)C)C1. The third-order valence-electron chi connectivity index (χ3n) is 3.13. The summed E-state index contributed by atoms with van der Waals surface area (Å²) in [6.07, 6.45) is 3.71. The highest BCUT2D eigenvalue weighted by Crippen LogP contribution is 2.35. The van der Waals surface area contributed by atoms with Crippen molar-refractivity contribution in [1.82, 2.24) is 0 Å². The van der Waals surface area contributed by atoms with Crippen LogP contribution in [-0.2, 0) is 0 Å². The van der Waals surface area contributed by atoms with E-state index < -0.39 is 7.22 Å². The van der Waals surface area contributed by atoms with E-state index in [4.69, 9.17) is 4.99 Å². The second-order valence-corrected chi connectivity index (χ2v) is 15.6. The fourth-order valence-electron chi connectivity index (χ4n) is 2.36. The summed E-state index contributed by atoms with van der Waals surface area (Å²) < 4.78 is 0. The lowest BCUT2D eigenvalue weighted by molar-refractivity contribution is 0.911. The number of hydrogen-bond donors (Lipinski definition) is 0. The summed E-state index contributed by atoms with van der Waals surface area (Å²) in [7, 11) is -0.993. The van der Waals surface area contributed by atoms with Crippen LogP contribution in [-0.4, -0.2) is 18.2 Å². The van der Waals surface area contributed by atoms with Gasteiger partial charge in [-0.2, -0.15) is 11.2 Å². The Morgan fingerprint density at radius 1 is 1.22 bits per heavy atom. The van der Waals surface area contributed by atoms with E-state index in [1.165, 1.54) is 30.5 Å². The first-order valence-electron chi connectivity index (χ1n) is 6.74. The molecule has 0 saturated heterocycles. The van der Waals surface area contributed by atoms with E-state index in [0.29, 0.717) is 0 Å². The molecule has 1 atom stereocenters. The van der Waals surface area contributed by atoms with Gasteiger partial charge in [0.05, 0.1) is 5.69 Å². The molecule has 1 aromatic carbocycles. The predicted octanol–water partition coefficient (Wildman–Crippen LogP) is 5.19. The van der Waals surface area contributed by atoms with E-state index in [0.717, 1.165) is 10.9 Å². The number of para-hydroxylation sites is 1. The normalized spacial score (nSPS) is 22.7. The minimum atomic E-state index is -0.993.